The Morgan fingerprint density at radius 3 is 2.53 bits per heavy atom. The zero-order valence-electron chi connectivity index (χ0n) is 10.7. The molecule has 1 aromatic rings. The van der Waals surface area contributed by atoms with Gasteiger partial charge in [0, 0.05) is 20.1 Å². The van der Waals surface area contributed by atoms with E-state index in [0.29, 0.717) is 12.1 Å². The van der Waals surface area contributed by atoms with Gasteiger partial charge in [-0.3, -0.25) is 0 Å². The number of nitrogens with one attached hydrogen (secondary N) is 1. The van der Waals surface area contributed by atoms with E-state index in [-0.39, 0.29) is 12.2 Å². The third kappa shape index (κ3) is 3.85. The van der Waals surface area contributed by atoms with Crippen molar-refractivity contribution in [1.82, 2.24) is 4.90 Å². The Morgan fingerprint density at radius 2 is 2.05 bits per heavy atom. The predicted molar refractivity (Wildman–Crippen MR) is 66.7 cm³/mol. The van der Waals surface area contributed by atoms with Crippen LogP contribution in [0, 0.1) is 0 Å². The van der Waals surface area contributed by atoms with E-state index in [1.54, 1.807) is 6.92 Å². The number of hydrogen-bond donors (Lipinski definition) is 2. The zero-order valence-corrected chi connectivity index (χ0v) is 10.7. The van der Waals surface area contributed by atoms with Crippen molar-refractivity contribution in [3.05, 3.63) is 29.3 Å². The van der Waals surface area contributed by atoms with Gasteiger partial charge in [0.2, 0.25) is 0 Å². The number of rotatable bonds is 3. The first-order valence-electron chi connectivity index (χ1n) is 5.72. The molecule has 0 atom stereocenters. The number of nitrogens with two attached hydrogens (primary N) is 1. The molecule has 1 rings (SSSR count). The van der Waals surface area contributed by atoms with E-state index < -0.39 is 17.8 Å². The van der Waals surface area contributed by atoms with Crippen molar-refractivity contribution in [1.29, 1.82) is 0 Å². The van der Waals surface area contributed by atoms with Crippen molar-refractivity contribution in [3.8, 4) is 0 Å². The summed E-state index contributed by atoms with van der Waals surface area (Å²) < 4.78 is 38.7. The summed E-state index contributed by atoms with van der Waals surface area (Å²) >= 11 is 0. The van der Waals surface area contributed by atoms with E-state index in [9.17, 15) is 18.0 Å². The first-order valence-corrected chi connectivity index (χ1v) is 5.72. The second-order valence-electron chi connectivity index (χ2n) is 4.03. The van der Waals surface area contributed by atoms with Gasteiger partial charge in [-0.2, -0.15) is 13.2 Å². The van der Waals surface area contributed by atoms with Crippen molar-refractivity contribution < 1.29 is 18.0 Å². The summed E-state index contributed by atoms with van der Waals surface area (Å²) in [7, 11) is 1.50. The van der Waals surface area contributed by atoms with Crippen LogP contribution in [0.25, 0.3) is 0 Å². The standard InChI is InChI=1S/C12H16F3N3O/c1-3-18(2)11(19)17-10-5-4-8(7-16)6-9(10)12(13,14)15/h4-6H,3,7,16H2,1-2H3,(H,17,19). The van der Waals surface area contributed by atoms with E-state index in [1.165, 1.54) is 24.1 Å². The van der Waals surface area contributed by atoms with Gasteiger partial charge in [0.25, 0.3) is 0 Å². The summed E-state index contributed by atoms with van der Waals surface area (Å²) in [6, 6.07) is 3.03. The van der Waals surface area contributed by atoms with Crippen molar-refractivity contribution >= 4 is 11.7 Å². The highest BCUT2D eigenvalue weighted by Gasteiger charge is 2.34. The number of halogens is 3. The molecular weight excluding hydrogens is 259 g/mol. The molecule has 0 saturated heterocycles. The summed E-state index contributed by atoms with van der Waals surface area (Å²) in [4.78, 5) is 12.9. The first-order chi connectivity index (χ1) is 8.79. The Labute approximate surface area is 109 Å². The average molecular weight is 275 g/mol. The van der Waals surface area contributed by atoms with Crippen LogP contribution < -0.4 is 11.1 Å². The minimum atomic E-state index is -4.54. The van der Waals surface area contributed by atoms with E-state index in [1.807, 2.05) is 0 Å². The number of anilines is 1. The number of nitrogens with zero attached hydrogens (tertiary/aromatic N) is 1. The summed E-state index contributed by atoms with van der Waals surface area (Å²) in [6.45, 7) is 2.13. The molecule has 0 aliphatic heterocycles. The summed E-state index contributed by atoms with van der Waals surface area (Å²) in [5.41, 5.74) is 4.51. The summed E-state index contributed by atoms with van der Waals surface area (Å²) in [5.74, 6) is 0. The van der Waals surface area contributed by atoms with Crippen LogP contribution in [-0.2, 0) is 12.7 Å². The number of amides is 2. The molecule has 3 N–H and O–H groups in total. The maximum absolute atomic E-state index is 12.9. The van der Waals surface area contributed by atoms with Gasteiger partial charge in [0.1, 0.15) is 0 Å². The molecule has 0 heterocycles. The molecule has 4 nitrogen and oxygen atoms in total. The fourth-order valence-corrected chi connectivity index (χ4v) is 1.42. The third-order valence-electron chi connectivity index (χ3n) is 2.69. The Hall–Kier alpha value is -1.76. The quantitative estimate of drug-likeness (QED) is 0.891. The van der Waals surface area contributed by atoms with E-state index in [0.717, 1.165) is 6.07 Å². The van der Waals surface area contributed by atoms with E-state index in [2.05, 4.69) is 5.32 Å². The Balaban J connectivity index is 3.10. The van der Waals surface area contributed by atoms with Gasteiger partial charge >= 0.3 is 12.2 Å². The molecule has 0 fully saturated rings. The molecule has 0 unspecified atom stereocenters. The molecule has 7 heteroatoms. The largest absolute Gasteiger partial charge is 0.418 e. The van der Waals surface area contributed by atoms with Gasteiger partial charge in [-0.25, -0.2) is 4.79 Å². The Morgan fingerprint density at radius 1 is 1.42 bits per heavy atom. The normalized spacial score (nSPS) is 11.3. The van der Waals surface area contributed by atoms with Gasteiger partial charge < -0.3 is 16.0 Å². The number of alkyl halides is 3. The van der Waals surface area contributed by atoms with Crippen LogP contribution in [0.15, 0.2) is 18.2 Å². The number of hydrogen-bond acceptors (Lipinski definition) is 2. The number of urea groups is 1. The van der Waals surface area contributed by atoms with Crippen LogP contribution in [0.2, 0.25) is 0 Å². The molecule has 0 spiro atoms. The lowest BCUT2D eigenvalue weighted by Gasteiger charge is -2.19. The molecule has 1 aromatic carbocycles. The fraction of sp³-hybridized carbons (Fsp3) is 0.417. The third-order valence-corrected chi connectivity index (χ3v) is 2.69. The van der Waals surface area contributed by atoms with Crippen LogP contribution in [0.4, 0.5) is 23.7 Å². The van der Waals surface area contributed by atoms with Gasteiger partial charge in [-0.1, -0.05) is 6.07 Å². The van der Waals surface area contributed by atoms with Crippen LogP contribution in [-0.4, -0.2) is 24.5 Å². The predicted octanol–water partition coefficient (Wildman–Crippen LogP) is 2.65. The lowest BCUT2D eigenvalue weighted by molar-refractivity contribution is -0.137. The number of benzene rings is 1. The maximum Gasteiger partial charge on any atom is 0.418 e. The van der Waals surface area contributed by atoms with Crippen molar-refractivity contribution in [2.24, 2.45) is 5.73 Å². The Kier molecular flexibility index (Phi) is 4.77. The van der Waals surface area contributed by atoms with Gasteiger partial charge in [-0.05, 0) is 24.6 Å². The SMILES string of the molecule is CCN(C)C(=O)Nc1ccc(CN)cc1C(F)(F)F. The second-order valence-corrected chi connectivity index (χ2v) is 4.03. The van der Waals surface area contributed by atoms with Crippen LogP contribution in [0.1, 0.15) is 18.1 Å². The molecular formula is C12H16F3N3O. The highest BCUT2D eigenvalue weighted by atomic mass is 19.4. The molecule has 0 aliphatic rings. The molecule has 0 aromatic heterocycles. The molecule has 0 radical (unpaired) electrons. The minimum absolute atomic E-state index is 0.00612. The Bertz CT molecular complexity index is 460. The number of carbonyl (C=O) groups excluding carboxylic acids is 1. The van der Waals surface area contributed by atoms with E-state index in [4.69, 9.17) is 5.73 Å². The second kappa shape index (κ2) is 5.92. The number of carbonyl (C=O) groups is 1. The van der Waals surface area contributed by atoms with Crippen molar-refractivity contribution in [2.75, 3.05) is 18.9 Å². The minimum Gasteiger partial charge on any atom is -0.328 e. The molecule has 106 valence electrons. The van der Waals surface area contributed by atoms with Gasteiger partial charge in [-0.15, -0.1) is 0 Å². The zero-order chi connectivity index (χ0) is 14.6. The molecule has 19 heavy (non-hydrogen) atoms. The van der Waals surface area contributed by atoms with Crippen LogP contribution in [0.5, 0.6) is 0 Å². The smallest absolute Gasteiger partial charge is 0.328 e. The van der Waals surface area contributed by atoms with Crippen molar-refractivity contribution in [3.63, 3.8) is 0 Å². The van der Waals surface area contributed by atoms with Crippen molar-refractivity contribution in [2.45, 2.75) is 19.6 Å². The lowest BCUT2D eigenvalue weighted by atomic mass is 10.1. The van der Waals surface area contributed by atoms with Gasteiger partial charge in [0.15, 0.2) is 0 Å². The molecule has 0 bridgehead atoms. The van der Waals surface area contributed by atoms with Gasteiger partial charge in [0.05, 0.1) is 11.3 Å². The average Bonchev–Trinajstić information content (AvgIpc) is 2.36. The van der Waals surface area contributed by atoms with Crippen LogP contribution >= 0.6 is 0 Å². The fourth-order valence-electron chi connectivity index (χ4n) is 1.42. The lowest BCUT2D eigenvalue weighted by Crippen LogP contribution is -2.31. The maximum atomic E-state index is 12.9. The molecule has 0 aliphatic carbocycles. The summed E-state index contributed by atoms with van der Waals surface area (Å²) in [6.07, 6.45) is -4.54. The summed E-state index contributed by atoms with van der Waals surface area (Å²) in [5, 5.41) is 2.25. The molecule has 0 saturated carbocycles. The molecule has 2 amide bonds. The van der Waals surface area contributed by atoms with E-state index >= 15 is 0 Å². The van der Waals surface area contributed by atoms with Crippen LogP contribution in [0.3, 0.4) is 0 Å². The first kappa shape index (κ1) is 15.3. The highest BCUT2D eigenvalue weighted by Crippen LogP contribution is 2.35. The monoisotopic (exact) mass is 275 g/mol. The highest BCUT2D eigenvalue weighted by molar-refractivity contribution is 5.90. The topological polar surface area (TPSA) is 58.4 Å².